The molecule has 2 heterocycles. The van der Waals surface area contributed by atoms with Gasteiger partial charge >= 0.3 is 0 Å². The zero-order valence-corrected chi connectivity index (χ0v) is 11.8. The van der Waals surface area contributed by atoms with E-state index in [2.05, 4.69) is 30.7 Å². The first kappa shape index (κ1) is 13.3. The highest BCUT2D eigenvalue weighted by Gasteiger charge is 2.18. The van der Waals surface area contributed by atoms with E-state index < -0.39 is 0 Å². The second-order valence-electron chi connectivity index (χ2n) is 4.93. The van der Waals surface area contributed by atoms with Crippen molar-refractivity contribution in [2.45, 2.75) is 26.3 Å². The number of H-pyrrole nitrogens is 2. The summed E-state index contributed by atoms with van der Waals surface area (Å²) in [5.74, 6) is 0.474. The van der Waals surface area contributed by atoms with Gasteiger partial charge < -0.3 is 10.3 Å². The number of rotatable bonds is 4. The summed E-state index contributed by atoms with van der Waals surface area (Å²) in [6.07, 6.45) is 2.12. The highest BCUT2D eigenvalue weighted by molar-refractivity contribution is 5.92. The summed E-state index contributed by atoms with van der Waals surface area (Å²) in [6, 6.07) is 5.83. The van der Waals surface area contributed by atoms with Crippen molar-refractivity contribution in [2.75, 3.05) is 0 Å². The van der Waals surface area contributed by atoms with Gasteiger partial charge in [0.25, 0.3) is 5.91 Å². The van der Waals surface area contributed by atoms with E-state index in [1.54, 1.807) is 0 Å². The molecule has 108 valence electrons. The van der Waals surface area contributed by atoms with Crippen molar-refractivity contribution in [3.8, 4) is 0 Å². The minimum absolute atomic E-state index is 0.193. The van der Waals surface area contributed by atoms with E-state index in [9.17, 15) is 4.79 Å². The molecule has 0 bridgehead atoms. The summed E-state index contributed by atoms with van der Waals surface area (Å²) < 4.78 is 0. The fourth-order valence-corrected chi connectivity index (χ4v) is 2.22. The monoisotopic (exact) mass is 284 g/mol. The number of hydrogen-bond donors (Lipinski definition) is 3. The van der Waals surface area contributed by atoms with Crippen LogP contribution < -0.4 is 5.32 Å². The minimum Gasteiger partial charge on any atom is -0.341 e. The van der Waals surface area contributed by atoms with Crippen molar-refractivity contribution in [2.24, 2.45) is 0 Å². The molecule has 0 aliphatic heterocycles. The second kappa shape index (κ2) is 5.35. The lowest BCUT2D eigenvalue weighted by Crippen LogP contribution is -2.29. The summed E-state index contributed by atoms with van der Waals surface area (Å²) in [6.45, 7) is 4.02. The molecule has 0 saturated heterocycles. The quantitative estimate of drug-likeness (QED) is 0.681. The highest BCUT2D eigenvalue weighted by Crippen LogP contribution is 2.19. The van der Waals surface area contributed by atoms with Crippen molar-refractivity contribution in [1.29, 1.82) is 0 Å². The lowest BCUT2D eigenvalue weighted by molar-refractivity contribution is 0.0929. The summed E-state index contributed by atoms with van der Waals surface area (Å²) in [4.78, 5) is 19.9. The van der Waals surface area contributed by atoms with Crippen LogP contribution in [-0.4, -0.2) is 31.3 Å². The van der Waals surface area contributed by atoms with Gasteiger partial charge in [-0.2, -0.15) is 15.4 Å². The fraction of sp³-hybridized carbons (Fsp3) is 0.286. The van der Waals surface area contributed by atoms with Crippen LogP contribution in [0.25, 0.3) is 11.0 Å². The number of imidazole rings is 1. The standard InChI is InChI=1S/C14H16N6O/c1-3-9(18-14(21)12-7-15-20-19-12)13-16-10-5-4-8(2)6-11(10)17-13/h4-7,9H,3H2,1-2H3,(H,16,17)(H,18,21)(H,15,19,20). The van der Waals surface area contributed by atoms with Crippen LogP contribution in [0.5, 0.6) is 0 Å². The second-order valence-corrected chi connectivity index (χ2v) is 4.93. The zero-order valence-electron chi connectivity index (χ0n) is 11.8. The maximum Gasteiger partial charge on any atom is 0.274 e. The number of aromatic nitrogens is 5. The first-order chi connectivity index (χ1) is 10.2. The summed E-state index contributed by atoms with van der Waals surface area (Å²) in [5, 5.41) is 12.7. The Balaban J connectivity index is 1.86. The Morgan fingerprint density at radius 2 is 2.29 bits per heavy atom. The number of fused-ring (bicyclic) bond motifs is 1. The Hall–Kier alpha value is -2.70. The Bertz CT molecular complexity index is 761. The van der Waals surface area contributed by atoms with Crippen molar-refractivity contribution >= 4 is 16.9 Å². The Labute approximate surface area is 121 Å². The van der Waals surface area contributed by atoms with Crippen LogP contribution in [0.4, 0.5) is 0 Å². The van der Waals surface area contributed by atoms with E-state index in [4.69, 9.17) is 0 Å². The average Bonchev–Trinajstić information content (AvgIpc) is 3.12. The Kier molecular flexibility index (Phi) is 3.39. The molecule has 7 nitrogen and oxygen atoms in total. The maximum absolute atomic E-state index is 12.0. The smallest absolute Gasteiger partial charge is 0.274 e. The van der Waals surface area contributed by atoms with Crippen LogP contribution in [0.15, 0.2) is 24.4 Å². The third kappa shape index (κ3) is 2.62. The molecule has 0 radical (unpaired) electrons. The number of aryl methyl sites for hydroxylation is 1. The first-order valence-electron chi connectivity index (χ1n) is 6.80. The molecule has 2 aromatic heterocycles. The zero-order chi connectivity index (χ0) is 14.8. The Morgan fingerprint density at radius 3 is 3.00 bits per heavy atom. The molecule has 0 aliphatic carbocycles. The van der Waals surface area contributed by atoms with Gasteiger partial charge in [0.05, 0.1) is 23.3 Å². The molecule has 3 N–H and O–H groups in total. The molecule has 1 unspecified atom stereocenters. The third-order valence-electron chi connectivity index (χ3n) is 3.35. The van der Waals surface area contributed by atoms with Gasteiger partial charge in [0.1, 0.15) is 5.82 Å². The summed E-state index contributed by atoms with van der Waals surface area (Å²) in [7, 11) is 0. The van der Waals surface area contributed by atoms with Crippen LogP contribution in [0, 0.1) is 6.92 Å². The van der Waals surface area contributed by atoms with Gasteiger partial charge in [-0.05, 0) is 31.0 Å². The van der Waals surface area contributed by atoms with Crippen LogP contribution in [0.1, 0.15) is 41.3 Å². The largest absolute Gasteiger partial charge is 0.341 e. The fourth-order valence-electron chi connectivity index (χ4n) is 2.22. The van der Waals surface area contributed by atoms with Crippen LogP contribution in [0.2, 0.25) is 0 Å². The van der Waals surface area contributed by atoms with E-state index in [0.29, 0.717) is 0 Å². The van der Waals surface area contributed by atoms with Gasteiger partial charge in [0, 0.05) is 0 Å². The lowest BCUT2D eigenvalue weighted by atomic mass is 10.2. The number of nitrogens with one attached hydrogen (secondary N) is 3. The summed E-state index contributed by atoms with van der Waals surface area (Å²) in [5.41, 5.74) is 3.29. The van der Waals surface area contributed by atoms with E-state index in [0.717, 1.165) is 28.8 Å². The SMILES string of the molecule is CCC(NC(=O)c1cn[nH]n1)c1nc2ccc(C)cc2[nH]1. The Morgan fingerprint density at radius 1 is 1.43 bits per heavy atom. The minimum atomic E-state index is -0.271. The molecular weight excluding hydrogens is 268 g/mol. The number of benzene rings is 1. The molecule has 3 aromatic rings. The summed E-state index contributed by atoms with van der Waals surface area (Å²) >= 11 is 0. The van der Waals surface area contributed by atoms with Crippen molar-refractivity contribution in [3.05, 3.63) is 41.5 Å². The van der Waals surface area contributed by atoms with Gasteiger partial charge in [-0.1, -0.05) is 13.0 Å². The number of carbonyl (C=O) groups excluding carboxylic acids is 1. The predicted octanol–water partition coefficient (Wildman–Crippen LogP) is 1.87. The molecule has 1 aromatic carbocycles. The van der Waals surface area contributed by atoms with Gasteiger partial charge in [-0.3, -0.25) is 4.79 Å². The van der Waals surface area contributed by atoms with Crippen molar-refractivity contribution < 1.29 is 4.79 Å². The van der Waals surface area contributed by atoms with Crippen LogP contribution in [0.3, 0.4) is 0 Å². The van der Waals surface area contributed by atoms with Gasteiger partial charge in [0.15, 0.2) is 5.69 Å². The van der Waals surface area contributed by atoms with Crippen LogP contribution in [-0.2, 0) is 0 Å². The molecule has 21 heavy (non-hydrogen) atoms. The number of nitrogens with zero attached hydrogens (tertiary/aromatic N) is 3. The van der Waals surface area contributed by atoms with Crippen molar-refractivity contribution in [3.63, 3.8) is 0 Å². The molecule has 1 atom stereocenters. The molecule has 0 saturated carbocycles. The molecular formula is C14H16N6O. The molecule has 0 aliphatic rings. The normalized spacial score (nSPS) is 12.5. The van der Waals surface area contributed by atoms with E-state index >= 15 is 0 Å². The maximum atomic E-state index is 12.0. The number of amides is 1. The van der Waals surface area contributed by atoms with Gasteiger partial charge in [-0.15, -0.1) is 0 Å². The molecule has 7 heteroatoms. The molecule has 3 rings (SSSR count). The van der Waals surface area contributed by atoms with Crippen LogP contribution >= 0.6 is 0 Å². The molecule has 0 spiro atoms. The molecule has 0 fully saturated rings. The van der Waals surface area contributed by atoms with E-state index in [1.807, 2.05) is 32.0 Å². The number of aromatic amines is 2. The first-order valence-corrected chi connectivity index (χ1v) is 6.80. The highest BCUT2D eigenvalue weighted by atomic mass is 16.2. The van der Waals surface area contributed by atoms with E-state index in [-0.39, 0.29) is 17.6 Å². The number of hydrogen-bond acceptors (Lipinski definition) is 4. The lowest BCUT2D eigenvalue weighted by Gasteiger charge is -2.13. The average molecular weight is 284 g/mol. The van der Waals surface area contributed by atoms with Crippen molar-refractivity contribution in [1.82, 2.24) is 30.7 Å². The predicted molar refractivity (Wildman–Crippen MR) is 77.7 cm³/mol. The number of carbonyl (C=O) groups is 1. The van der Waals surface area contributed by atoms with E-state index in [1.165, 1.54) is 6.20 Å². The third-order valence-corrected chi connectivity index (χ3v) is 3.35. The van der Waals surface area contributed by atoms with Gasteiger partial charge in [0.2, 0.25) is 0 Å². The topological polar surface area (TPSA) is 99.3 Å². The van der Waals surface area contributed by atoms with Gasteiger partial charge in [-0.25, -0.2) is 4.98 Å². The molecule has 1 amide bonds.